The maximum absolute atomic E-state index is 12.5. The van der Waals surface area contributed by atoms with Crippen LogP contribution < -0.4 is 4.72 Å². The Morgan fingerprint density at radius 2 is 1.76 bits per heavy atom. The third kappa shape index (κ3) is 4.92. The zero-order chi connectivity index (χ0) is 20.1. The topological polar surface area (TPSA) is 46.9 Å². The van der Waals surface area contributed by atoms with Crippen molar-refractivity contribution >= 4 is 17.1 Å². The van der Waals surface area contributed by atoms with Crippen molar-refractivity contribution in [2.75, 3.05) is 0 Å². The van der Waals surface area contributed by atoms with E-state index in [0.717, 1.165) is 30.6 Å². The van der Waals surface area contributed by atoms with Crippen LogP contribution in [0.4, 0.5) is 0 Å². The molecule has 1 N–H and O–H groups in total. The summed E-state index contributed by atoms with van der Waals surface area (Å²) in [5, 5.41) is 6.59. The van der Waals surface area contributed by atoms with E-state index in [1.807, 2.05) is 49.4 Å². The van der Waals surface area contributed by atoms with Gasteiger partial charge < -0.3 is 0 Å². The van der Waals surface area contributed by atoms with Crippen LogP contribution in [-0.2, 0) is 30.4 Å². The fourth-order valence-corrected chi connectivity index (χ4v) is 4.69. The predicted octanol–water partition coefficient (Wildman–Crippen LogP) is 4.80. The molecule has 1 aliphatic carbocycles. The van der Waals surface area contributed by atoms with Crippen LogP contribution in [-0.4, -0.2) is 14.0 Å². The van der Waals surface area contributed by atoms with E-state index in [2.05, 4.69) is 33.7 Å². The molecule has 0 radical (unpaired) electrons. The Labute approximate surface area is 175 Å². The summed E-state index contributed by atoms with van der Waals surface area (Å²) in [5.41, 5.74) is 5.98. The molecule has 150 valence electrons. The highest BCUT2D eigenvalue weighted by Gasteiger charge is 2.19. The van der Waals surface area contributed by atoms with Crippen molar-refractivity contribution < 1.29 is 4.21 Å². The maximum atomic E-state index is 12.5. The summed E-state index contributed by atoms with van der Waals surface area (Å²) in [6.07, 6.45) is 6.43. The summed E-state index contributed by atoms with van der Waals surface area (Å²) in [7, 11) is -1.26. The number of rotatable bonds is 7. The molecule has 4 rings (SSSR count). The van der Waals surface area contributed by atoms with Gasteiger partial charge in [0.25, 0.3) is 0 Å². The molecule has 0 amide bonds. The summed E-state index contributed by atoms with van der Waals surface area (Å²) in [5.74, 6) is 0. The van der Waals surface area contributed by atoms with Crippen LogP contribution >= 0.6 is 0 Å². The molecule has 0 bridgehead atoms. The van der Waals surface area contributed by atoms with Crippen LogP contribution in [0.2, 0.25) is 0 Å². The molecule has 3 aromatic rings. The van der Waals surface area contributed by atoms with Crippen molar-refractivity contribution in [1.82, 2.24) is 14.5 Å². The molecular formula is C24H27N3OS. The van der Waals surface area contributed by atoms with Gasteiger partial charge in [-0.2, -0.15) is 5.10 Å². The Kier molecular flexibility index (Phi) is 6.37. The van der Waals surface area contributed by atoms with Crippen molar-refractivity contribution in [1.29, 1.82) is 0 Å². The lowest BCUT2D eigenvalue weighted by atomic mass is 9.95. The summed E-state index contributed by atoms with van der Waals surface area (Å²) in [6, 6.07) is 20.5. The number of fused-ring (bicyclic) bond motifs is 1. The van der Waals surface area contributed by atoms with Gasteiger partial charge in [0.15, 0.2) is 0 Å². The predicted molar refractivity (Wildman–Crippen MR) is 120 cm³/mol. The number of benzene rings is 2. The van der Waals surface area contributed by atoms with E-state index in [1.165, 1.54) is 29.7 Å². The molecule has 0 saturated carbocycles. The standard InChI is InChI=1S/C24H27N3OS/c1-19(21-12-6-3-7-13-21)26-29(28)17-16-23-22-14-8-9-15-24(22)27(25-23)18-20-10-4-2-5-11-20/h2-7,10-13,16-17,19,26H,8-9,14-15,18H2,1H3/t19-,29?/m1/s1. The van der Waals surface area contributed by atoms with Gasteiger partial charge >= 0.3 is 0 Å². The first-order valence-electron chi connectivity index (χ1n) is 10.2. The molecule has 2 atom stereocenters. The van der Waals surface area contributed by atoms with Crippen LogP contribution in [0.15, 0.2) is 66.1 Å². The van der Waals surface area contributed by atoms with Crippen LogP contribution in [0.3, 0.4) is 0 Å². The average molecular weight is 406 g/mol. The van der Waals surface area contributed by atoms with Crippen molar-refractivity contribution in [3.8, 4) is 0 Å². The number of aromatic nitrogens is 2. The fourth-order valence-electron chi connectivity index (χ4n) is 3.87. The highest BCUT2D eigenvalue weighted by atomic mass is 32.2. The van der Waals surface area contributed by atoms with E-state index in [9.17, 15) is 4.21 Å². The number of hydrogen-bond acceptors (Lipinski definition) is 2. The second kappa shape index (κ2) is 9.33. The molecule has 1 heterocycles. The Morgan fingerprint density at radius 3 is 2.52 bits per heavy atom. The van der Waals surface area contributed by atoms with E-state index in [1.54, 1.807) is 5.41 Å². The molecular weight excluding hydrogens is 378 g/mol. The average Bonchev–Trinajstić information content (AvgIpc) is 3.11. The maximum Gasteiger partial charge on any atom is 0.118 e. The highest BCUT2D eigenvalue weighted by molar-refractivity contribution is 7.86. The summed E-state index contributed by atoms with van der Waals surface area (Å²) < 4.78 is 17.8. The minimum Gasteiger partial charge on any atom is -0.264 e. The molecule has 5 heteroatoms. The fraction of sp³-hybridized carbons (Fsp3) is 0.292. The molecule has 1 unspecified atom stereocenters. The van der Waals surface area contributed by atoms with Crippen LogP contribution in [0.5, 0.6) is 0 Å². The monoisotopic (exact) mass is 405 g/mol. The first-order chi connectivity index (χ1) is 14.2. The van der Waals surface area contributed by atoms with Crippen molar-refractivity contribution in [3.05, 3.63) is 94.1 Å². The van der Waals surface area contributed by atoms with Gasteiger partial charge in [-0.1, -0.05) is 60.7 Å². The third-order valence-corrected chi connectivity index (χ3v) is 6.37. The normalized spacial score (nSPS) is 15.9. The summed E-state index contributed by atoms with van der Waals surface area (Å²) in [6.45, 7) is 2.81. The first kappa shape index (κ1) is 19.8. The Balaban J connectivity index is 1.50. The molecule has 1 aromatic heterocycles. The minimum atomic E-state index is -1.26. The van der Waals surface area contributed by atoms with Crippen molar-refractivity contribution in [3.63, 3.8) is 0 Å². The lowest BCUT2D eigenvalue weighted by Gasteiger charge is -2.14. The number of nitrogens with zero attached hydrogens (tertiary/aromatic N) is 2. The van der Waals surface area contributed by atoms with Gasteiger partial charge in [0.1, 0.15) is 11.0 Å². The van der Waals surface area contributed by atoms with E-state index >= 15 is 0 Å². The lowest BCUT2D eigenvalue weighted by Crippen LogP contribution is -2.19. The van der Waals surface area contributed by atoms with Crippen molar-refractivity contribution in [2.45, 2.75) is 45.2 Å². The van der Waals surface area contributed by atoms with Crippen LogP contribution in [0.1, 0.15) is 53.9 Å². The van der Waals surface area contributed by atoms with Gasteiger partial charge in [0, 0.05) is 22.7 Å². The SMILES string of the molecule is C[C@@H](NS(=O)C=Cc1nn(Cc2ccccc2)c2c1CCCC2)c1ccccc1. The molecule has 1 aliphatic rings. The number of nitrogens with one attached hydrogen (secondary N) is 1. The van der Waals surface area contributed by atoms with Crippen LogP contribution in [0.25, 0.3) is 6.08 Å². The largest absolute Gasteiger partial charge is 0.264 e. The Morgan fingerprint density at radius 1 is 1.07 bits per heavy atom. The molecule has 0 aliphatic heterocycles. The van der Waals surface area contributed by atoms with Gasteiger partial charge in [-0.25, -0.2) is 8.93 Å². The first-order valence-corrected chi connectivity index (χ1v) is 11.4. The van der Waals surface area contributed by atoms with Gasteiger partial charge in [-0.3, -0.25) is 4.68 Å². The summed E-state index contributed by atoms with van der Waals surface area (Å²) >= 11 is 0. The third-order valence-electron chi connectivity index (χ3n) is 5.41. The Bertz CT molecular complexity index is 996. The van der Waals surface area contributed by atoms with E-state index in [-0.39, 0.29) is 6.04 Å². The zero-order valence-corrected chi connectivity index (χ0v) is 17.6. The van der Waals surface area contributed by atoms with Gasteiger partial charge in [-0.05, 0) is 49.8 Å². The minimum absolute atomic E-state index is 0.0197. The quantitative estimate of drug-likeness (QED) is 0.614. The smallest absolute Gasteiger partial charge is 0.118 e. The number of hydrogen-bond donors (Lipinski definition) is 1. The van der Waals surface area contributed by atoms with E-state index in [4.69, 9.17) is 5.10 Å². The highest BCUT2D eigenvalue weighted by Crippen LogP contribution is 2.26. The van der Waals surface area contributed by atoms with E-state index in [0.29, 0.717) is 0 Å². The molecule has 2 aromatic carbocycles. The second-order valence-electron chi connectivity index (χ2n) is 7.51. The molecule has 0 saturated heterocycles. The van der Waals surface area contributed by atoms with Crippen LogP contribution in [0, 0.1) is 0 Å². The zero-order valence-electron chi connectivity index (χ0n) is 16.8. The molecule has 0 fully saturated rings. The summed E-state index contributed by atoms with van der Waals surface area (Å²) in [4.78, 5) is 0. The molecule has 0 spiro atoms. The molecule has 4 nitrogen and oxygen atoms in total. The Hall–Kier alpha value is -2.50. The van der Waals surface area contributed by atoms with Gasteiger partial charge in [0.2, 0.25) is 0 Å². The van der Waals surface area contributed by atoms with Gasteiger partial charge in [0.05, 0.1) is 12.2 Å². The van der Waals surface area contributed by atoms with Crippen molar-refractivity contribution in [2.24, 2.45) is 0 Å². The second-order valence-corrected chi connectivity index (χ2v) is 8.61. The lowest BCUT2D eigenvalue weighted by molar-refractivity contribution is 0.595. The molecule has 29 heavy (non-hydrogen) atoms. The van der Waals surface area contributed by atoms with Gasteiger partial charge in [-0.15, -0.1) is 0 Å². The van der Waals surface area contributed by atoms with E-state index < -0.39 is 11.0 Å².